The molecule has 1 aromatic carbocycles. The Labute approximate surface area is 199 Å². The Hall–Kier alpha value is -3.26. The van der Waals surface area contributed by atoms with Crippen LogP contribution in [0.3, 0.4) is 0 Å². The van der Waals surface area contributed by atoms with Gasteiger partial charge in [0.2, 0.25) is 5.91 Å². The number of rotatable bonds is 9. The van der Waals surface area contributed by atoms with Crippen molar-refractivity contribution < 1.29 is 14.4 Å². The summed E-state index contributed by atoms with van der Waals surface area (Å²) in [7, 11) is 0. The fraction of sp³-hybridized carbons (Fsp3) is 0.261. The summed E-state index contributed by atoms with van der Waals surface area (Å²) >= 11 is 1.97. The van der Waals surface area contributed by atoms with Crippen molar-refractivity contribution in [2.45, 2.75) is 37.3 Å². The second-order valence-corrected chi connectivity index (χ2v) is 8.94. The molecule has 2 heterocycles. The van der Waals surface area contributed by atoms with Crippen LogP contribution in [0.4, 0.5) is 5.82 Å². The van der Waals surface area contributed by atoms with Crippen LogP contribution in [0.2, 0.25) is 0 Å². The lowest BCUT2D eigenvalue weighted by atomic mass is 10.2. The minimum atomic E-state index is -0.387. The van der Waals surface area contributed by atoms with E-state index < -0.39 is 0 Å². The van der Waals surface area contributed by atoms with Gasteiger partial charge in [0.1, 0.15) is 30.4 Å². The predicted octanol–water partition coefficient (Wildman–Crippen LogP) is 3.22. The summed E-state index contributed by atoms with van der Waals surface area (Å²) in [6.07, 6.45) is 3.15. The average Bonchev–Trinajstić information content (AvgIpc) is 3.26. The molecule has 3 rings (SSSR count). The number of nitrogens with zero attached hydrogens (tertiary/aromatic N) is 4. The van der Waals surface area contributed by atoms with Gasteiger partial charge in [-0.15, -0.1) is 0 Å². The van der Waals surface area contributed by atoms with E-state index in [0.717, 1.165) is 23.1 Å². The Bertz CT molecular complexity index is 1190. The molecule has 9 heteroatoms. The lowest BCUT2D eigenvalue weighted by Gasteiger charge is -2.14. The van der Waals surface area contributed by atoms with E-state index in [0.29, 0.717) is 36.3 Å². The van der Waals surface area contributed by atoms with Crippen molar-refractivity contribution in [1.29, 1.82) is 5.26 Å². The molecule has 32 heavy (non-hydrogen) atoms. The van der Waals surface area contributed by atoms with Crippen molar-refractivity contribution in [3.8, 4) is 6.07 Å². The number of hydrogen-bond acceptors (Lipinski definition) is 5. The maximum absolute atomic E-state index is 12.9. The molecule has 1 N–H and O–H groups in total. The van der Waals surface area contributed by atoms with Gasteiger partial charge >= 0.3 is 0 Å². The second-order valence-electron chi connectivity index (χ2n) is 7.34. The maximum atomic E-state index is 12.9. The van der Waals surface area contributed by atoms with Crippen LogP contribution in [0.1, 0.15) is 38.6 Å². The van der Waals surface area contributed by atoms with Crippen LogP contribution in [0.15, 0.2) is 36.7 Å². The van der Waals surface area contributed by atoms with Gasteiger partial charge in [-0.2, -0.15) is 5.26 Å². The summed E-state index contributed by atoms with van der Waals surface area (Å²) in [4.78, 5) is 39.6. The Morgan fingerprint density at radius 3 is 2.62 bits per heavy atom. The Morgan fingerprint density at radius 1 is 1.28 bits per heavy atom. The molecule has 0 radical (unpaired) electrons. The highest BCUT2D eigenvalue weighted by Crippen LogP contribution is 2.27. The van der Waals surface area contributed by atoms with E-state index in [9.17, 15) is 19.6 Å². The lowest BCUT2D eigenvalue weighted by Crippen LogP contribution is -2.22. The van der Waals surface area contributed by atoms with Gasteiger partial charge < -0.3 is 19.2 Å². The molecule has 0 spiro atoms. The summed E-state index contributed by atoms with van der Waals surface area (Å²) in [6, 6.07) is 12.0. The molecule has 1 atom stereocenters. The normalized spacial score (nSPS) is 11.6. The molecule has 0 aliphatic carbocycles. The van der Waals surface area contributed by atoms with Crippen molar-refractivity contribution in [1.82, 2.24) is 14.1 Å². The van der Waals surface area contributed by atoms with Crippen molar-refractivity contribution in [2.24, 2.45) is 0 Å². The number of alkyl halides is 1. The van der Waals surface area contributed by atoms with E-state index in [2.05, 4.69) is 16.4 Å². The maximum Gasteiger partial charge on any atom is 0.245 e. The van der Waals surface area contributed by atoms with Crippen LogP contribution in [0, 0.1) is 25.2 Å². The summed E-state index contributed by atoms with van der Waals surface area (Å²) in [5.74, 6) is 0.0411. The number of aromatic nitrogens is 3. The molecular weight excluding hydrogens is 521 g/mol. The quantitative estimate of drug-likeness (QED) is 0.253. The number of hydrogen-bond donors (Lipinski definition) is 1. The van der Waals surface area contributed by atoms with Crippen LogP contribution in [-0.2, 0) is 29.1 Å². The minimum Gasteiger partial charge on any atom is -0.326 e. The SMILES string of the molecule is Cc1c(C#N)c(NC(=O)Cn2cnc(CC(I)C=O)c2C=O)n(Cc2ccccc2)c1C. The van der Waals surface area contributed by atoms with Crippen LogP contribution in [0.25, 0.3) is 0 Å². The van der Waals surface area contributed by atoms with Gasteiger partial charge in [-0.1, -0.05) is 52.9 Å². The van der Waals surface area contributed by atoms with Crippen molar-refractivity contribution >= 4 is 46.9 Å². The van der Waals surface area contributed by atoms with Gasteiger partial charge in [-0.05, 0) is 25.0 Å². The highest BCUT2D eigenvalue weighted by Gasteiger charge is 2.21. The van der Waals surface area contributed by atoms with Crippen molar-refractivity contribution in [3.05, 3.63) is 70.4 Å². The van der Waals surface area contributed by atoms with E-state index in [1.807, 2.05) is 71.3 Å². The highest BCUT2D eigenvalue weighted by molar-refractivity contribution is 14.1. The first-order valence-corrected chi connectivity index (χ1v) is 11.2. The standard InChI is InChI=1S/C23H22IN5O3/c1-15-16(2)29(10-17-6-4-3-5-7-17)23(19(15)9-25)27-22(32)11-28-14-26-20(21(28)13-31)8-18(24)12-30/h3-7,12-14,18H,8,10-11H2,1-2H3,(H,27,32). The van der Waals surface area contributed by atoms with E-state index >= 15 is 0 Å². The third-order valence-electron chi connectivity index (χ3n) is 5.30. The molecule has 0 fully saturated rings. The molecular formula is C23H22IN5O3. The molecule has 0 bridgehead atoms. The number of anilines is 1. The third-order valence-corrected chi connectivity index (χ3v) is 6.04. The number of carbonyl (C=O) groups excluding carboxylic acids is 3. The fourth-order valence-electron chi connectivity index (χ4n) is 3.51. The first-order chi connectivity index (χ1) is 15.4. The number of imidazole rings is 1. The van der Waals surface area contributed by atoms with Crippen LogP contribution >= 0.6 is 22.6 Å². The summed E-state index contributed by atoms with van der Waals surface area (Å²) < 4.78 is 3.04. The zero-order valence-corrected chi connectivity index (χ0v) is 19.9. The minimum absolute atomic E-state index is 0.145. The van der Waals surface area contributed by atoms with E-state index in [-0.39, 0.29) is 22.1 Å². The van der Waals surface area contributed by atoms with Gasteiger partial charge in [-0.3, -0.25) is 9.59 Å². The molecule has 0 aliphatic rings. The number of nitrogens with one attached hydrogen (secondary N) is 1. The Morgan fingerprint density at radius 2 is 2.00 bits per heavy atom. The van der Waals surface area contributed by atoms with Gasteiger partial charge in [0.15, 0.2) is 6.29 Å². The number of aldehydes is 2. The number of halogens is 1. The lowest BCUT2D eigenvalue weighted by molar-refractivity contribution is -0.116. The number of benzene rings is 1. The topological polar surface area (TPSA) is 110 Å². The second kappa shape index (κ2) is 10.4. The van der Waals surface area contributed by atoms with Crippen molar-refractivity contribution in [3.63, 3.8) is 0 Å². The molecule has 0 aliphatic heterocycles. The molecule has 2 aromatic heterocycles. The van der Waals surface area contributed by atoms with E-state index in [1.54, 1.807) is 0 Å². The monoisotopic (exact) mass is 543 g/mol. The van der Waals surface area contributed by atoms with Crippen molar-refractivity contribution in [2.75, 3.05) is 5.32 Å². The van der Waals surface area contributed by atoms with E-state index in [1.165, 1.54) is 10.9 Å². The molecule has 164 valence electrons. The zero-order chi connectivity index (χ0) is 23.3. The summed E-state index contributed by atoms with van der Waals surface area (Å²) in [5.41, 5.74) is 3.87. The molecule has 8 nitrogen and oxygen atoms in total. The van der Waals surface area contributed by atoms with Crippen LogP contribution in [-0.4, -0.2) is 36.5 Å². The molecule has 0 saturated carbocycles. The third kappa shape index (κ3) is 4.96. The molecule has 3 aromatic rings. The molecule has 1 unspecified atom stereocenters. The summed E-state index contributed by atoms with van der Waals surface area (Å²) in [5, 5.41) is 12.5. The summed E-state index contributed by atoms with van der Waals surface area (Å²) in [6.45, 7) is 4.12. The Balaban J connectivity index is 1.87. The largest absolute Gasteiger partial charge is 0.326 e. The fourth-order valence-corrected chi connectivity index (χ4v) is 3.92. The van der Waals surface area contributed by atoms with Gasteiger partial charge in [0.05, 0.1) is 21.5 Å². The molecule has 1 amide bonds. The number of nitriles is 1. The first kappa shape index (κ1) is 23.4. The van der Waals surface area contributed by atoms with Gasteiger partial charge in [0.25, 0.3) is 0 Å². The number of amides is 1. The average molecular weight is 543 g/mol. The predicted molar refractivity (Wildman–Crippen MR) is 128 cm³/mol. The highest BCUT2D eigenvalue weighted by atomic mass is 127. The Kier molecular flexibility index (Phi) is 7.58. The van der Waals surface area contributed by atoms with Crippen LogP contribution < -0.4 is 5.32 Å². The molecule has 0 saturated heterocycles. The van der Waals surface area contributed by atoms with Gasteiger partial charge in [-0.25, -0.2) is 4.98 Å². The first-order valence-electron chi connectivity index (χ1n) is 9.91. The zero-order valence-electron chi connectivity index (χ0n) is 17.7. The van der Waals surface area contributed by atoms with Crippen LogP contribution in [0.5, 0.6) is 0 Å². The smallest absolute Gasteiger partial charge is 0.245 e. The van der Waals surface area contributed by atoms with Gasteiger partial charge in [0, 0.05) is 18.7 Å². The number of carbonyl (C=O) groups is 3. The van der Waals surface area contributed by atoms with E-state index in [4.69, 9.17) is 0 Å².